The van der Waals surface area contributed by atoms with Gasteiger partial charge in [0.05, 0.1) is 20.0 Å². The van der Waals surface area contributed by atoms with E-state index in [1.54, 1.807) is 14.0 Å². The molecule has 7 heteroatoms. The quantitative estimate of drug-likeness (QED) is 0.759. The summed E-state index contributed by atoms with van der Waals surface area (Å²) in [6.45, 7) is 1.78. The van der Waals surface area contributed by atoms with Crippen molar-refractivity contribution in [2.75, 3.05) is 14.2 Å². The van der Waals surface area contributed by atoms with E-state index in [2.05, 4.69) is 14.9 Å². The first-order valence-electron chi connectivity index (χ1n) is 6.30. The van der Waals surface area contributed by atoms with Crippen molar-refractivity contribution >= 4 is 17.7 Å². The number of benzene rings is 1. The minimum atomic E-state index is -0.272. The molecule has 0 radical (unpaired) electrons. The van der Waals surface area contributed by atoms with Gasteiger partial charge in [-0.25, -0.2) is 0 Å². The number of hydrogen-bond acceptors (Lipinski definition) is 7. The normalized spacial score (nSPS) is 12.0. The number of methoxy groups -OCH3 is 2. The molecule has 1 aromatic carbocycles. The van der Waals surface area contributed by atoms with E-state index in [-0.39, 0.29) is 11.2 Å². The Morgan fingerprint density at radius 3 is 2.62 bits per heavy atom. The summed E-state index contributed by atoms with van der Waals surface area (Å²) in [4.78, 5) is 11.3. The molecule has 0 saturated heterocycles. The van der Waals surface area contributed by atoms with Crippen LogP contribution in [0.2, 0.25) is 0 Å². The Balaban J connectivity index is 1.99. The number of carbonyl (C=O) groups excluding carboxylic acids is 1. The highest BCUT2D eigenvalue weighted by molar-refractivity contribution is 7.99. The summed E-state index contributed by atoms with van der Waals surface area (Å²) in [7, 11) is 2.98. The van der Waals surface area contributed by atoms with Crippen LogP contribution in [-0.4, -0.2) is 35.6 Å². The first-order chi connectivity index (χ1) is 10.1. The van der Waals surface area contributed by atoms with E-state index in [0.717, 1.165) is 11.3 Å². The Hall–Kier alpha value is -2.02. The Morgan fingerprint density at radius 1 is 1.29 bits per heavy atom. The monoisotopic (exact) mass is 308 g/mol. The number of esters is 1. The molecule has 1 unspecified atom stereocenters. The highest BCUT2D eigenvalue weighted by Crippen LogP contribution is 2.23. The average molecular weight is 308 g/mol. The molecular formula is C14H16N2O4S. The van der Waals surface area contributed by atoms with Crippen LogP contribution in [-0.2, 0) is 15.3 Å². The molecular weight excluding hydrogens is 292 g/mol. The van der Waals surface area contributed by atoms with E-state index in [4.69, 9.17) is 9.15 Å². The maximum atomic E-state index is 11.3. The second-order valence-electron chi connectivity index (χ2n) is 4.21. The maximum Gasteiger partial charge on any atom is 0.318 e. The van der Waals surface area contributed by atoms with Crippen LogP contribution in [0.1, 0.15) is 12.8 Å². The van der Waals surface area contributed by atoms with E-state index in [9.17, 15) is 4.79 Å². The summed E-state index contributed by atoms with van der Waals surface area (Å²) >= 11 is 1.39. The van der Waals surface area contributed by atoms with E-state index in [1.165, 1.54) is 18.9 Å². The van der Waals surface area contributed by atoms with Gasteiger partial charge in [0, 0.05) is 5.56 Å². The van der Waals surface area contributed by atoms with Gasteiger partial charge in [0.2, 0.25) is 11.8 Å². The lowest BCUT2D eigenvalue weighted by Crippen LogP contribution is -2.14. The van der Waals surface area contributed by atoms with Crippen molar-refractivity contribution in [2.24, 2.45) is 0 Å². The third kappa shape index (κ3) is 3.98. The first kappa shape index (κ1) is 15.4. The van der Waals surface area contributed by atoms with E-state index in [0.29, 0.717) is 17.5 Å². The molecule has 0 aliphatic carbocycles. The van der Waals surface area contributed by atoms with Crippen molar-refractivity contribution in [3.8, 4) is 17.2 Å². The molecule has 0 bridgehead atoms. The summed E-state index contributed by atoms with van der Waals surface area (Å²) in [6, 6.07) is 7.35. The number of aromatic nitrogens is 2. The fraction of sp³-hybridized carbons (Fsp3) is 0.357. The van der Waals surface area contributed by atoms with Gasteiger partial charge >= 0.3 is 5.97 Å². The van der Waals surface area contributed by atoms with E-state index >= 15 is 0 Å². The van der Waals surface area contributed by atoms with E-state index in [1.807, 2.05) is 24.3 Å². The Kier molecular flexibility index (Phi) is 5.21. The summed E-state index contributed by atoms with van der Waals surface area (Å²) < 4.78 is 15.3. The molecule has 1 aromatic heterocycles. The van der Waals surface area contributed by atoms with Crippen molar-refractivity contribution in [2.45, 2.75) is 17.9 Å². The van der Waals surface area contributed by atoms with Gasteiger partial charge in [-0.2, -0.15) is 0 Å². The van der Waals surface area contributed by atoms with Crippen molar-refractivity contribution < 1.29 is 18.7 Å². The lowest BCUT2D eigenvalue weighted by atomic mass is 10.2. The number of rotatable bonds is 6. The van der Waals surface area contributed by atoms with Gasteiger partial charge in [-0.3, -0.25) is 4.79 Å². The van der Waals surface area contributed by atoms with Crippen LogP contribution in [0.15, 0.2) is 28.7 Å². The minimum Gasteiger partial charge on any atom is -0.497 e. The molecule has 6 nitrogen and oxygen atoms in total. The Labute approximate surface area is 126 Å². The lowest BCUT2D eigenvalue weighted by molar-refractivity contribution is -0.139. The predicted molar refractivity (Wildman–Crippen MR) is 79.1 cm³/mol. The number of nitrogens with zero attached hydrogens (tertiary/aromatic N) is 2. The molecule has 112 valence electrons. The molecule has 1 atom stereocenters. The van der Waals surface area contributed by atoms with Crippen LogP contribution in [0.3, 0.4) is 0 Å². The van der Waals surface area contributed by atoms with Crippen LogP contribution in [0.5, 0.6) is 5.75 Å². The topological polar surface area (TPSA) is 74.5 Å². The van der Waals surface area contributed by atoms with Crippen LogP contribution >= 0.6 is 11.8 Å². The van der Waals surface area contributed by atoms with Crippen molar-refractivity contribution in [1.29, 1.82) is 0 Å². The van der Waals surface area contributed by atoms with Gasteiger partial charge in [0.15, 0.2) is 0 Å². The highest BCUT2D eigenvalue weighted by Gasteiger charge is 2.16. The number of hydrogen-bond donors (Lipinski definition) is 0. The fourth-order valence-corrected chi connectivity index (χ4v) is 2.33. The molecule has 1 heterocycles. The van der Waals surface area contributed by atoms with Gasteiger partial charge in [-0.05, 0) is 31.2 Å². The number of thioether (sulfide) groups is 1. The van der Waals surface area contributed by atoms with Crippen LogP contribution in [0, 0.1) is 0 Å². The van der Waals surface area contributed by atoms with Crippen molar-refractivity contribution in [3.05, 3.63) is 30.2 Å². The van der Waals surface area contributed by atoms with Crippen LogP contribution in [0.25, 0.3) is 11.5 Å². The molecule has 0 N–H and O–H groups in total. The van der Waals surface area contributed by atoms with E-state index < -0.39 is 0 Å². The standard InChI is InChI=1S/C14H16N2O4S/c1-9(14(17)19-3)21-8-12-15-16-13(20-12)10-4-6-11(18-2)7-5-10/h4-7,9H,8H2,1-3H3. The Bertz CT molecular complexity index is 597. The maximum absolute atomic E-state index is 11.3. The van der Waals surface area contributed by atoms with Gasteiger partial charge in [0.25, 0.3) is 0 Å². The fourth-order valence-electron chi connectivity index (χ4n) is 1.59. The predicted octanol–water partition coefficient (Wildman–Crippen LogP) is 2.54. The summed E-state index contributed by atoms with van der Waals surface area (Å²) in [5.74, 6) is 1.87. The number of carbonyl (C=O) groups is 1. The largest absolute Gasteiger partial charge is 0.497 e. The average Bonchev–Trinajstić information content (AvgIpc) is 3.00. The molecule has 0 aliphatic rings. The summed E-state index contributed by atoms with van der Waals surface area (Å²) in [6.07, 6.45) is 0. The minimum absolute atomic E-state index is 0.269. The van der Waals surface area contributed by atoms with Gasteiger partial charge in [-0.15, -0.1) is 22.0 Å². The summed E-state index contributed by atoms with van der Waals surface area (Å²) in [5, 5.41) is 7.70. The molecule has 21 heavy (non-hydrogen) atoms. The molecule has 0 amide bonds. The second kappa shape index (κ2) is 7.12. The first-order valence-corrected chi connectivity index (χ1v) is 7.35. The molecule has 0 aliphatic heterocycles. The third-order valence-electron chi connectivity index (χ3n) is 2.79. The number of ether oxygens (including phenoxy) is 2. The molecule has 2 aromatic rings. The van der Waals surface area contributed by atoms with Gasteiger partial charge in [0.1, 0.15) is 11.0 Å². The third-order valence-corrected chi connectivity index (χ3v) is 3.90. The van der Waals surface area contributed by atoms with Crippen molar-refractivity contribution in [3.63, 3.8) is 0 Å². The summed E-state index contributed by atoms with van der Waals surface area (Å²) in [5.41, 5.74) is 0.820. The zero-order chi connectivity index (χ0) is 15.2. The van der Waals surface area contributed by atoms with Crippen molar-refractivity contribution in [1.82, 2.24) is 10.2 Å². The zero-order valence-corrected chi connectivity index (χ0v) is 12.8. The lowest BCUT2D eigenvalue weighted by Gasteiger charge is -2.06. The highest BCUT2D eigenvalue weighted by atomic mass is 32.2. The van der Waals surface area contributed by atoms with Crippen LogP contribution in [0.4, 0.5) is 0 Å². The Morgan fingerprint density at radius 2 is 2.00 bits per heavy atom. The van der Waals surface area contributed by atoms with Crippen LogP contribution < -0.4 is 4.74 Å². The second-order valence-corrected chi connectivity index (χ2v) is 5.53. The molecule has 0 fully saturated rings. The molecule has 0 saturated carbocycles. The SMILES string of the molecule is COC(=O)C(C)SCc1nnc(-c2ccc(OC)cc2)o1. The smallest absolute Gasteiger partial charge is 0.318 e. The zero-order valence-electron chi connectivity index (χ0n) is 12.0. The molecule has 2 rings (SSSR count). The van der Waals surface area contributed by atoms with Gasteiger partial charge in [-0.1, -0.05) is 0 Å². The molecule has 0 spiro atoms. The van der Waals surface area contributed by atoms with Gasteiger partial charge < -0.3 is 13.9 Å².